The molecular formula is C76H103ClN18O13. The zero-order valence-electron chi connectivity index (χ0n) is 61.4. The number of carbonyl (C=O) groups is 11. The molecule has 5 aromatic rings. The summed E-state index contributed by atoms with van der Waals surface area (Å²) in [5.41, 5.74) is 31.4. The summed E-state index contributed by atoms with van der Waals surface area (Å²) in [5, 5.41) is 37.7. The van der Waals surface area contributed by atoms with E-state index in [1.54, 1.807) is 66.7 Å². The summed E-state index contributed by atoms with van der Waals surface area (Å²) < 4.78 is 5.54. The van der Waals surface area contributed by atoms with Crippen LogP contribution in [0.25, 0.3) is 10.8 Å². The van der Waals surface area contributed by atoms with Gasteiger partial charge in [-0.3, -0.25) is 67.6 Å². The summed E-state index contributed by atoms with van der Waals surface area (Å²) in [5.74, 6) is -9.41. The summed E-state index contributed by atoms with van der Waals surface area (Å²) >= 11 is 6.26. The average Bonchev–Trinajstić information content (AvgIpc) is 1.45. The lowest BCUT2D eigenvalue weighted by atomic mass is 9.99. The van der Waals surface area contributed by atoms with Gasteiger partial charge in [0.05, 0.1) is 19.8 Å². The van der Waals surface area contributed by atoms with Crippen LogP contribution in [0.15, 0.2) is 131 Å². The Morgan fingerprint density at radius 3 is 1.47 bits per heavy atom. The van der Waals surface area contributed by atoms with Crippen LogP contribution < -0.4 is 76.5 Å². The normalized spacial score (nSPS) is 16.1. The summed E-state index contributed by atoms with van der Waals surface area (Å²) in [6.07, 6.45) is 0.305. The Kier molecular flexibility index (Phi) is 33.3. The van der Waals surface area contributed by atoms with Crippen LogP contribution in [0, 0.1) is 5.92 Å². The molecule has 7 rings (SSSR count). The minimum atomic E-state index is -1.80. The second-order valence-corrected chi connectivity index (χ2v) is 28.0. The van der Waals surface area contributed by atoms with E-state index in [0.29, 0.717) is 47.9 Å². The van der Waals surface area contributed by atoms with Crippen molar-refractivity contribution >= 4 is 99.3 Å². The average molecular weight is 1510 g/mol. The van der Waals surface area contributed by atoms with Crippen LogP contribution in [-0.2, 0) is 89.7 Å². The van der Waals surface area contributed by atoms with Crippen molar-refractivity contribution in [2.45, 2.75) is 165 Å². The molecule has 5 aromatic carbocycles. The van der Waals surface area contributed by atoms with Gasteiger partial charge in [-0.15, -0.1) is 0 Å². The lowest BCUT2D eigenvalue weighted by Crippen LogP contribution is -2.61. The van der Waals surface area contributed by atoms with Crippen LogP contribution in [0.5, 0.6) is 0 Å². The van der Waals surface area contributed by atoms with E-state index in [0.717, 1.165) is 35.0 Å². The number of benzene rings is 5. The Morgan fingerprint density at radius 2 is 0.935 bits per heavy atom. The molecule has 0 spiro atoms. The minimum Gasteiger partial charge on any atom is -0.394 e. The first-order valence-corrected chi connectivity index (χ1v) is 36.7. The van der Waals surface area contributed by atoms with Gasteiger partial charge in [0, 0.05) is 76.9 Å². The van der Waals surface area contributed by atoms with Crippen molar-refractivity contribution < 1.29 is 62.6 Å². The van der Waals surface area contributed by atoms with Crippen LogP contribution >= 0.6 is 11.6 Å². The highest BCUT2D eigenvalue weighted by molar-refractivity contribution is 6.30. The number of likely N-dealkylation sites (tertiary alicyclic amines) is 1. The smallest absolute Gasteiger partial charge is 0.245 e. The third-order valence-electron chi connectivity index (χ3n) is 18.4. The number of hydrogen-bond acceptors (Lipinski definition) is 16. The highest BCUT2D eigenvalue weighted by Gasteiger charge is 2.40. The van der Waals surface area contributed by atoms with Gasteiger partial charge in [0.15, 0.2) is 11.9 Å². The number of guanidine groups is 2. The number of primary amides is 1. The number of nitrogens with one attached hydrogen (secondary N) is 9. The molecule has 2 heterocycles. The van der Waals surface area contributed by atoms with Crippen molar-refractivity contribution in [2.75, 3.05) is 52.5 Å². The number of ether oxygens (including phenoxy) is 1. The van der Waals surface area contributed by atoms with Gasteiger partial charge in [-0.05, 0) is 109 Å². The number of hydrogen-bond donors (Lipinski definition) is 15. The fourth-order valence-corrected chi connectivity index (χ4v) is 12.8. The van der Waals surface area contributed by atoms with Crippen molar-refractivity contribution in [2.24, 2.45) is 44.6 Å². The van der Waals surface area contributed by atoms with Gasteiger partial charge in [-0.1, -0.05) is 135 Å². The molecule has 0 aliphatic carbocycles. The fourth-order valence-electron chi connectivity index (χ4n) is 12.6. The lowest BCUT2D eigenvalue weighted by molar-refractivity contribution is -0.142. The van der Waals surface area contributed by atoms with Gasteiger partial charge in [0.1, 0.15) is 60.4 Å². The minimum absolute atomic E-state index is 0.0143. The summed E-state index contributed by atoms with van der Waals surface area (Å²) in [4.78, 5) is 168. The Balaban J connectivity index is 1.15. The summed E-state index contributed by atoms with van der Waals surface area (Å²) in [6.45, 7) is 8.62. The monoisotopic (exact) mass is 1510 g/mol. The lowest BCUT2D eigenvalue weighted by Gasteiger charge is -2.31. The summed E-state index contributed by atoms with van der Waals surface area (Å²) in [7, 11) is 0. The third-order valence-corrected chi connectivity index (χ3v) is 18.6. The first-order chi connectivity index (χ1) is 51.6. The SMILES string of the molecule is CC(=O)N[C@H](Cc1ccc2ccccc2c1)C(=O)N[C@H](Cc1ccc(Cl)cc1)C(=O)N[C@H](Cc1ccccc1)C(=O)N[C@@H](CO)C(=O)N[C@@H](CCCN=C(N)N)C(=O)N[C@H](Cc1ccc(CN2CCOCC2)cc1)C(=O)N[C@@H](CC(C)C)C(=O)N[C@@H](CCCN=C(N)N)C(=O)N1CCC[C@H]1C(=O)N[C@H](C)C(N)=O. The molecule has 0 bridgehead atoms. The molecule has 582 valence electrons. The van der Waals surface area contributed by atoms with E-state index in [9.17, 15) is 48.3 Å². The first kappa shape index (κ1) is 84.5. The number of nitrogens with zero attached hydrogens (tertiary/aromatic N) is 4. The van der Waals surface area contributed by atoms with Gasteiger partial charge in [0.25, 0.3) is 0 Å². The van der Waals surface area contributed by atoms with E-state index in [4.69, 9.17) is 45.0 Å². The second-order valence-electron chi connectivity index (χ2n) is 27.5. The van der Waals surface area contributed by atoms with Crippen LogP contribution in [-0.4, -0.2) is 205 Å². The van der Waals surface area contributed by atoms with Crippen LogP contribution in [0.2, 0.25) is 5.02 Å². The van der Waals surface area contributed by atoms with Gasteiger partial charge in [-0.25, -0.2) is 0 Å². The van der Waals surface area contributed by atoms with Gasteiger partial charge in [-0.2, -0.15) is 0 Å². The number of carbonyl (C=O) groups excluding carboxylic acids is 11. The number of aliphatic hydroxyl groups is 1. The number of nitrogens with two attached hydrogens (primary N) is 5. The zero-order chi connectivity index (χ0) is 78.4. The van der Waals surface area contributed by atoms with Crippen molar-refractivity contribution in [3.8, 4) is 0 Å². The van der Waals surface area contributed by atoms with Crippen molar-refractivity contribution in [1.82, 2.24) is 57.7 Å². The first-order valence-electron chi connectivity index (χ1n) is 36.3. The number of aliphatic hydroxyl groups excluding tert-OH is 1. The number of amides is 11. The number of fused-ring (bicyclic) bond motifs is 1. The van der Waals surface area contributed by atoms with E-state index >= 15 is 9.59 Å². The highest BCUT2D eigenvalue weighted by atomic mass is 35.5. The molecule has 2 aliphatic heterocycles. The van der Waals surface area contributed by atoms with Crippen molar-refractivity contribution in [1.29, 1.82) is 0 Å². The predicted octanol–water partition coefficient (Wildman–Crippen LogP) is -0.379. The van der Waals surface area contributed by atoms with Crippen LogP contribution in [0.4, 0.5) is 0 Å². The molecule has 10 atom stereocenters. The maximum Gasteiger partial charge on any atom is 0.245 e. The molecule has 0 aromatic heterocycles. The second kappa shape index (κ2) is 42.5. The number of rotatable bonds is 40. The zero-order valence-corrected chi connectivity index (χ0v) is 62.2. The van der Waals surface area contributed by atoms with Crippen molar-refractivity contribution in [3.63, 3.8) is 0 Å². The number of aliphatic imine (C=N–C) groups is 2. The largest absolute Gasteiger partial charge is 0.394 e. The highest BCUT2D eigenvalue weighted by Crippen LogP contribution is 2.23. The van der Waals surface area contributed by atoms with Gasteiger partial charge < -0.3 is 91.3 Å². The van der Waals surface area contributed by atoms with E-state index in [2.05, 4.69) is 62.7 Å². The predicted molar refractivity (Wildman–Crippen MR) is 408 cm³/mol. The van der Waals surface area contributed by atoms with E-state index in [1.807, 2.05) is 68.4 Å². The molecule has 0 unspecified atom stereocenters. The Hall–Kier alpha value is -10.8. The van der Waals surface area contributed by atoms with Crippen molar-refractivity contribution in [3.05, 3.63) is 154 Å². The quantitative estimate of drug-likeness (QED) is 0.0135. The van der Waals surface area contributed by atoms with Gasteiger partial charge >= 0.3 is 0 Å². The molecule has 11 amide bonds. The van der Waals surface area contributed by atoms with Crippen LogP contribution in [0.1, 0.15) is 100 Å². The maximum atomic E-state index is 15.2. The number of halogens is 1. The molecule has 0 saturated carbocycles. The van der Waals surface area contributed by atoms with Gasteiger partial charge in [0.2, 0.25) is 65.0 Å². The standard InChI is InChI=1S/C76H103ClN18O13/c1-45(2)37-58(67(100)88-57(18-11-31-84-76(81)82)74(107)95-32-12-19-64(95)73(106)85-46(3)65(78)98)89-69(102)61(40-49-20-22-51(23-21-49)43-94-33-35-108-36-34-94)90-66(99)56(17-10-30-83-75(79)80)87-72(105)63(44-96)93-71(104)60(39-48-13-6-5-7-14-48)92-70(103)62(41-50-25-28-55(77)29-26-50)91-68(101)59(86-47(4)97)42-52-24-27-53-15-8-9-16-54(53)38-52/h5-9,13-16,20-29,38,45-46,56-64,96H,10-12,17-19,30-37,39-44H2,1-4H3,(H2,78,98)(H,85,106)(H,86,97)(H,87,105)(H,88,100)(H,89,102)(H,90,99)(H,91,101)(H,92,103)(H,93,104)(H4,79,80,83)(H4,81,82,84)/t46-,56+,57+,58+,59-,60-,61-,62-,63+,64+/m1/s1. The Bertz CT molecular complexity index is 3950. The molecule has 0 radical (unpaired) electrons. The molecule has 2 fully saturated rings. The molecular weight excluding hydrogens is 1410 g/mol. The topological polar surface area (TPSA) is 487 Å². The molecule has 31 nitrogen and oxygen atoms in total. The molecule has 20 N–H and O–H groups in total. The Labute approximate surface area is 633 Å². The summed E-state index contributed by atoms with van der Waals surface area (Å²) in [6, 6.07) is 22.2. The Morgan fingerprint density at radius 1 is 0.500 bits per heavy atom. The molecule has 32 heteroatoms. The number of morpholine rings is 1. The molecule has 2 saturated heterocycles. The maximum absolute atomic E-state index is 15.2. The fraction of sp³-hybridized carbons (Fsp3) is 0.461. The van der Waals surface area contributed by atoms with Crippen LogP contribution in [0.3, 0.4) is 0 Å². The third kappa shape index (κ3) is 27.5. The van der Waals surface area contributed by atoms with E-state index in [1.165, 1.54) is 18.7 Å². The molecule has 108 heavy (non-hydrogen) atoms. The van der Waals surface area contributed by atoms with E-state index < -0.39 is 132 Å². The van der Waals surface area contributed by atoms with E-state index in [-0.39, 0.29) is 102 Å². The molecule has 2 aliphatic rings.